The summed E-state index contributed by atoms with van der Waals surface area (Å²) in [6.07, 6.45) is -1.42. The second kappa shape index (κ2) is 5.18. The molecule has 16 heavy (non-hydrogen) atoms. The summed E-state index contributed by atoms with van der Waals surface area (Å²) in [6.45, 7) is 0. The normalized spacial score (nSPS) is 12.0. The summed E-state index contributed by atoms with van der Waals surface area (Å²) >= 11 is 3.13. The first kappa shape index (κ1) is 12.8. The predicted octanol–water partition coefficient (Wildman–Crippen LogP) is 1.37. The Bertz CT molecular complexity index is 404. The highest BCUT2D eigenvalue weighted by Crippen LogP contribution is 2.35. The summed E-state index contributed by atoms with van der Waals surface area (Å²) in [5.41, 5.74) is 0.265. The molecule has 1 unspecified atom stereocenters. The van der Waals surface area contributed by atoms with Gasteiger partial charge in [-0.15, -0.1) is 0 Å². The molecule has 0 amide bonds. The van der Waals surface area contributed by atoms with E-state index in [9.17, 15) is 15.0 Å². The maximum atomic E-state index is 11.2. The summed E-state index contributed by atoms with van der Waals surface area (Å²) in [4.78, 5) is 11.2. The summed E-state index contributed by atoms with van der Waals surface area (Å²) in [6, 6.07) is 2.70. The van der Waals surface area contributed by atoms with Crippen molar-refractivity contribution >= 4 is 21.9 Å². The van der Waals surface area contributed by atoms with E-state index in [2.05, 4.69) is 20.7 Å². The van der Waals surface area contributed by atoms with Crippen molar-refractivity contribution < 1.29 is 24.5 Å². The zero-order valence-electron chi connectivity index (χ0n) is 8.73. The van der Waals surface area contributed by atoms with E-state index < -0.39 is 12.1 Å². The van der Waals surface area contributed by atoms with Gasteiger partial charge in [0.05, 0.1) is 14.2 Å². The van der Waals surface area contributed by atoms with Crippen LogP contribution in [0.2, 0.25) is 0 Å². The summed E-state index contributed by atoms with van der Waals surface area (Å²) in [7, 11) is 2.55. The summed E-state index contributed by atoms with van der Waals surface area (Å²) < 4.78 is 9.67. The van der Waals surface area contributed by atoms with Crippen LogP contribution in [0, 0.1) is 0 Å². The Morgan fingerprint density at radius 2 is 2.06 bits per heavy atom. The third-order valence-corrected chi connectivity index (χ3v) is 2.70. The Balaban J connectivity index is 3.18. The second-order valence-corrected chi connectivity index (χ2v) is 3.83. The van der Waals surface area contributed by atoms with E-state index in [0.29, 0.717) is 4.47 Å². The largest absolute Gasteiger partial charge is 0.504 e. The lowest BCUT2D eigenvalue weighted by atomic mass is 10.1. The van der Waals surface area contributed by atoms with E-state index in [1.165, 1.54) is 26.4 Å². The molecule has 5 nitrogen and oxygen atoms in total. The number of rotatable bonds is 3. The molecule has 0 heterocycles. The molecule has 0 saturated heterocycles. The van der Waals surface area contributed by atoms with Crippen LogP contribution in [0.5, 0.6) is 11.5 Å². The number of hydrogen-bond acceptors (Lipinski definition) is 5. The molecule has 0 bridgehead atoms. The molecule has 88 valence electrons. The number of carbonyl (C=O) groups is 1. The molecule has 2 N–H and O–H groups in total. The van der Waals surface area contributed by atoms with Gasteiger partial charge in [-0.3, -0.25) is 0 Å². The number of esters is 1. The van der Waals surface area contributed by atoms with Crippen LogP contribution in [-0.4, -0.2) is 30.4 Å². The smallest absolute Gasteiger partial charge is 0.339 e. The van der Waals surface area contributed by atoms with Crippen molar-refractivity contribution in [3.05, 3.63) is 22.2 Å². The van der Waals surface area contributed by atoms with Crippen molar-refractivity contribution in [3.8, 4) is 11.5 Å². The number of carbonyl (C=O) groups excluding carboxylic acids is 1. The maximum Gasteiger partial charge on any atom is 0.339 e. The van der Waals surface area contributed by atoms with Crippen LogP contribution in [0.4, 0.5) is 0 Å². The molecular weight excluding hydrogens is 280 g/mol. The average molecular weight is 291 g/mol. The van der Waals surface area contributed by atoms with Gasteiger partial charge in [0.1, 0.15) is 0 Å². The second-order valence-electron chi connectivity index (χ2n) is 2.97. The number of halogens is 1. The highest BCUT2D eigenvalue weighted by atomic mass is 79.9. The molecule has 0 fully saturated rings. The van der Waals surface area contributed by atoms with Crippen LogP contribution in [0.3, 0.4) is 0 Å². The van der Waals surface area contributed by atoms with Crippen molar-refractivity contribution in [1.29, 1.82) is 0 Å². The van der Waals surface area contributed by atoms with E-state index in [0.717, 1.165) is 0 Å². The third kappa shape index (κ3) is 2.45. The molecular formula is C10H11BrO5. The lowest BCUT2D eigenvalue weighted by molar-refractivity contribution is -0.150. The fraction of sp³-hybridized carbons (Fsp3) is 0.300. The molecule has 0 spiro atoms. The monoisotopic (exact) mass is 290 g/mol. The van der Waals surface area contributed by atoms with Gasteiger partial charge in [0.25, 0.3) is 0 Å². The lowest BCUT2D eigenvalue weighted by Gasteiger charge is -2.13. The van der Waals surface area contributed by atoms with Crippen molar-refractivity contribution in [2.45, 2.75) is 6.10 Å². The van der Waals surface area contributed by atoms with Gasteiger partial charge in [-0.2, -0.15) is 0 Å². The zero-order valence-corrected chi connectivity index (χ0v) is 10.3. The third-order valence-electron chi connectivity index (χ3n) is 2.02. The van der Waals surface area contributed by atoms with Gasteiger partial charge >= 0.3 is 5.97 Å². The van der Waals surface area contributed by atoms with Gasteiger partial charge in [0, 0.05) is 10.0 Å². The first-order valence-corrected chi connectivity index (χ1v) is 5.12. The SMILES string of the molecule is COC(=O)C(O)c1cc(OC)c(O)cc1Br. The van der Waals surface area contributed by atoms with E-state index >= 15 is 0 Å². The molecule has 1 atom stereocenters. The quantitative estimate of drug-likeness (QED) is 0.823. The highest BCUT2D eigenvalue weighted by Gasteiger charge is 2.22. The zero-order chi connectivity index (χ0) is 12.3. The van der Waals surface area contributed by atoms with E-state index in [1.807, 2.05) is 0 Å². The number of ether oxygens (including phenoxy) is 2. The average Bonchev–Trinajstić information content (AvgIpc) is 2.27. The summed E-state index contributed by atoms with van der Waals surface area (Å²) in [5.74, 6) is -0.704. The van der Waals surface area contributed by atoms with Gasteiger partial charge in [-0.25, -0.2) is 4.79 Å². The minimum absolute atomic E-state index is 0.0878. The van der Waals surface area contributed by atoms with Gasteiger partial charge < -0.3 is 19.7 Å². The Hall–Kier alpha value is -1.27. The van der Waals surface area contributed by atoms with Crippen LogP contribution in [-0.2, 0) is 9.53 Å². The first-order valence-electron chi connectivity index (χ1n) is 4.33. The molecule has 0 aliphatic heterocycles. The Morgan fingerprint density at radius 1 is 1.44 bits per heavy atom. The first-order chi connectivity index (χ1) is 7.51. The highest BCUT2D eigenvalue weighted by molar-refractivity contribution is 9.10. The Labute approximate surface area is 101 Å². The number of phenolic OH excluding ortho intramolecular Hbond substituents is 1. The number of aromatic hydroxyl groups is 1. The Morgan fingerprint density at radius 3 is 2.56 bits per heavy atom. The van der Waals surface area contributed by atoms with Crippen molar-refractivity contribution in [2.24, 2.45) is 0 Å². The van der Waals surface area contributed by atoms with Gasteiger partial charge in [0.2, 0.25) is 0 Å². The number of hydrogen-bond donors (Lipinski definition) is 2. The molecule has 1 aromatic carbocycles. The molecule has 0 radical (unpaired) electrons. The Kier molecular flexibility index (Phi) is 4.14. The minimum Gasteiger partial charge on any atom is -0.504 e. The number of methoxy groups -OCH3 is 2. The van der Waals surface area contributed by atoms with Crippen molar-refractivity contribution in [1.82, 2.24) is 0 Å². The van der Waals surface area contributed by atoms with E-state index in [-0.39, 0.29) is 17.1 Å². The molecule has 6 heteroatoms. The van der Waals surface area contributed by atoms with Crippen LogP contribution in [0.15, 0.2) is 16.6 Å². The fourth-order valence-electron chi connectivity index (χ4n) is 1.17. The molecule has 1 aromatic rings. The van der Waals surface area contributed by atoms with Crippen molar-refractivity contribution in [3.63, 3.8) is 0 Å². The van der Waals surface area contributed by atoms with Crippen molar-refractivity contribution in [2.75, 3.05) is 14.2 Å². The maximum absolute atomic E-state index is 11.2. The van der Waals surface area contributed by atoms with Gasteiger partial charge in [0.15, 0.2) is 17.6 Å². The molecule has 0 saturated carbocycles. The van der Waals surface area contributed by atoms with E-state index in [1.54, 1.807) is 0 Å². The number of aliphatic hydroxyl groups is 1. The number of phenols is 1. The molecule has 0 aliphatic carbocycles. The van der Waals surface area contributed by atoms with E-state index in [4.69, 9.17) is 4.74 Å². The number of aliphatic hydroxyl groups excluding tert-OH is 1. The molecule has 0 aliphatic rings. The van der Waals surface area contributed by atoms with Crippen LogP contribution in [0.1, 0.15) is 11.7 Å². The van der Waals surface area contributed by atoms with Gasteiger partial charge in [-0.05, 0) is 12.1 Å². The minimum atomic E-state index is -1.42. The lowest BCUT2D eigenvalue weighted by Crippen LogP contribution is -2.14. The van der Waals surface area contributed by atoms with Gasteiger partial charge in [-0.1, -0.05) is 15.9 Å². The fourth-order valence-corrected chi connectivity index (χ4v) is 1.72. The predicted molar refractivity (Wildman–Crippen MR) is 59.3 cm³/mol. The number of benzene rings is 1. The molecule has 1 rings (SSSR count). The topological polar surface area (TPSA) is 76.0 Å². The standard InChI is InChI=1S/C10H11BrO5/c1-15-8-3-5(6(11)4-7(8)12)9(13)10(14)16-2/h3-4,9,12-13H,1-2H3. The van der Waals surface area contributed by atoms with Crippen LogP contribution >= 0.6 is 15.9 Å². The van der Waals surface area contributed by atoms with Crippen LogP contribution < -0.4 is 4.74 Å². The summed E-state index contributed by atoms with van der Waals surface area (Å²) in [5, 5.41) is 19.1. The van der Waals surface area contributed by atoms with Crippen LogP contribution in [0.25, 0.3) is 0 Å². The molecule has 0 aromatic heterocycles.